The van der Waals surface area contributed by atoms with Crippen molar-refractivity contribution in [3.05, 3.63) is 77.2 Å². The Morgan fingerprint density at radius 3 is 2.70 bits per heavy atom. The van der Waals surface area contributed by atoms with Crippen molar-refractivity contribution in [3.8, 4) is 11.5 Å². The molecule has 2 N–H and O–H groups in total. The lowest BCUT2D eigenvalue weighted by molar-refractivity contribution is -0.132. The van der Waals surface area contributed by atoms with Gasteiger partial charge in [-0.3, -0.25) is 9.79 Å². The number of benzene rings is 2. The number of fused-ring (bicyclic) bond motifs is 1. The molecule has 0 fully saturated rings. The number of amides is 1. The van der Waals surface area contributed by atoms with Crippen molar-refractivity contribution < 1.29 is 9.21 Å². The lowest BCUT2D eigenvalue weighted by Gasteiger charge is -2.29. The predicted octanol–water partition coefficient (Wildman–Crippen LogP) is 3.68. The third kappa shape index (κ3) is 6.00. The number of hydrogen-bond acceptors (Lipinski definition) is 4. The second-order valence-electron chi connectivity index (χ2n) is 8.30. The fourth-order valence-electron chi connectivity index (χ4n) is 3.92. The van der Waals surface area contributed by atoms with E-state index in [-0.39, 0.29) is 5.91 Å². The highest BCUT2D eigenvalue weighted by atomic mass is 16.3. The lowest BCUT2D eigenvalue weighted by Crippen LogP contribution is -2.38. The van der Waals surface area contributed by atoms with Gasteiger partial charge >= 0.3 is 0 Å². The Labute approximate surface area is 194 Å². The minimum absolute atomic E-state index is 0.209. The van der Waals surface area contributed by atoms with E-state index in [1.165, 1.54) is 16.7 Å². The van der Waals surface area contributed by atoms with Crippen molar-refractivity contribution in [2.24, 2.45) is 4.99 Å². The van der Waals surface area contributed by atoms with E-state index in [2.05, 4.69) is 45.7 Å². The van der Waals surface area contributed by atoms with Gasteiger partial charge in [-0.1, -0.05) is 42.0 Å². The average Bonchev–Trinajstić information content (AvgIpc) is 3.32. The molecule has 172 valence electrons. The number of aliphatic imine (C=N–C) groups is 1. The quantitative estimate of drug-likeness (QED) is 0.329. The Kier molecular flexibility index (Phi) is 7.40. The van der Waals surface area contributed by atoms with Gasteiger partial charge in [-0.25, -0.2) is 4.98 Å². The number of aromatic nitrogens is 1. The number of nitrogens with zero attached hydrogens (tertiary/aromatic N) is 3. The highest BCUT2D eigenvalue weighted by Crippen LogP contribution is 2.20. The van der Waals surface area contributed by atoms with Gasteiger partial charge in [0, 0.05) is 38.7 Å². The number of oxazole rings is 1. The van der Waals surface area contributed by atoms with Crippen molar-refractivity contribution in [3.63, 3.8) is 0 Å². The molecule has 3 aromatic rings. The molecular weight excluding hydrogens is 414 g/mol. The Balaban J connectivity index is 1.17. The maximum atomic E-state index is 12.6. The average molecular weight is 446 g/mol. The summed E-state index contributed by atoms with van der Waals surface area (Å²) in [6.45, 7) is 4.74. The Morgan fingerprint density at radius 2 is 1.91 bits per heavy atom. The standard InChI is InChI=1S/C26H31N5O2/c1-19-9-11-21(12-10-19)25-30-23(18-33-25)16-29-26(27-2)28-14-5-8-24(32)31-15-13-20-6-3-4-7-22(20)17-31/h3-4,6-7,9-12,18H,5,8,13-17H2,1-2H3,(H2,27,28,29). The zero-order valence-electron chi connectivity index (χ0n) is 19.3. The first-order valence-corrected chi connectivity index (χ1v) is 11.4. The molecule has 0 saturated heterocycles. The van der Waals surface area contributed by atoms with Crippen molar-refractivity contribution in [2.75, 3.05) is 20.1 Å². The van der Waals surface area contributed by atoms with Crippen LogP contribution in [0, 0.1) is 6.92 Å². The molecule has 4 rings (SSSR count). The molecule has 0 unspecified atom stereocenters. The summed E-state index contributed by atoms with van der Waals surface area (Å²) in [5.74, 6) is 1.49. The summed E-state index contributed by atoms with van der Waals surface area (Å²) >= 11 is 0. The molecule has 33 heavy (non-hydrogen) atoms. The Bertz CT molecular complexity index is 1100. The van der Waals surface area contributed by atoms with E-state index < -0.39 is 0 Å². The fraction of sp³-hybridized carbons (Fsp3) is 0.346. The van der Waals surface area contributed by atoms with Crippen LogP contribution in [-0.4, -0.2) is 41.9 Å². The number of carbonyl (C=O) groups is 1. The van der Waals surface area contributed by atoms with Gasteiger partial charge in [0.2, 0.25) is 11.8 Å². The fourth-order valence-corrected chi connectivity index (χ4v) is 3.92. The lowest BCUT2D eigenvalue weighted by atomic mass is 9.99. The van der Waals surface area contributed by atoms with E-state index in [9.17, 15) is 4.79 Å². The van der Waals surface area contributed by atoms with Crippen LogP contribution in [0.5, 0.6) is 0 Å². The summed E-state index contributed by atoms with van der Waals surface area (Å²) in [4.78, 5) is 23.4. The van der Waals surface area contributed by atoms with E-state index in [0.717, 1.165) is 30.6 Å². The van der Waals surface area contributed by atoms with Gasteiger partial charge in [0.15, 0.2) is 5.96 Å². The number of aryl methyl sites for hydroxylation is 1. The van der Waals surface area contributed by atoms with Crippen LogP contribution in [0.1, 0.15) is 35.2 Å². The molecule has 0 bridgehead atoms. The summed E-state index contributed by atoms with van der Waals surface area (Å²) in [5, 5.41) is 6.51. The van der Waals surface area contributed by atoms with Crippen molar-refractivity contribution in [1.29, 1.82) is 0 Å². The molecular formula is C26H31N5O2. The minimum Gasteiger partial charge on any atom is -0.444 e. The number of guanidine groups is 1. The molecule has 0 atom stereocenters. The molecule has 0 saturated carbocycles. The number of rotatable bonds is 7. The van der Waals surface area contributed by atoms with Gasteiger partial charge in [-0.15, -0.1) is 0 Å². The highest BCUT2D eigenvalue weighted by Gasteiger charge is 2.19. The largest absolute Gasteiger partial charge is 0.444 e. The molecule has 0 spiro atoms. The van der Waals surface area contributed by atoms with Crippen LogP contribution in [0.25, 0.3) is 11.5 Å². The van der Waals surface area contributed by atoms with Crippen LogP contribution >= 0.6 is 0 Å². The number of hydrogen-bond donors (Lipinski definition) is 2. The van der Waals surface area contributed by atoms with Gasteiger partial charge in [-0.2, -0.15) is 0 Å². The van der Waals surface area contributed by atoms with Crippen LogP contribution in [0.15, 0.2) is 64.2 Å². The first-order valence-electron chi connectivity index (χ1n) is 11.4. The SMILES string of the molecule is CN=C(NCCCC(=O)N1CCc2ccccc2C1)NCc1coc(-c2ccc(C)cc2)n1. The monoisotopic (exact) mass is 445 g/mol. The first-order chi connectivity index (χ1) is 16.1. The third-order valence-corrected chi connectivity index (χ3v) is 5.85. The highest BCUT2D eigenvalue weighted by molar-refractivity contribution is 5.80. The van der Waals surface area contributed by atoms with Crippen LogP contribution in [0.4, 0.5) is 0 Å². The van der Waals surface area contributed by atoms with Crippen molar-refractivity contribution >= 4 is 11.9 Å². The van der Waals surface area contributed by atoms with Gasteiger partial charge in [0.1, 0.15) is 6.26 Å². The van der Waals surface area contributed by atoms with Crippen LogP contribution < -0.4 is 10.6 Å². The maximum absolute atomic E-state index is 12.6. The zero-order chi connectivity index (χ0) is 23.0. The predicted molar refractivity (Wildman–Crippen MR) is 130 cm³/mol. The first kappa shape index (κ1) is 22.6. The normalized spacial score (nSPS) is 13.5. The molecule has 0 aliphatic carbocycles. The summed E-state index contributed by atoms with van der Waals surface area (Å²) in [7, 11) is 1.73. The topological polar surface area (TPSA) is 82.8 Å². The molecule has 1 aliphatic heterocycles. The van der Waals surface area contributed by atoms with Crippen LogP contribution in [0.2, 0.25) is 0 Å². The smallest absolute Gasteiger partial charge is 0.226 e. The summed E-state index contributed by atoms with van der Waals surface area (Å²) in [5.41, 5.74) is 5.57. The van der Waals surface area contributed by atoms with E-state index in [1.54, 1.807) is 13.3 Å². The van der Waals surface area contributed by atoms with Gasteiger partial charge in [0.25, 0.3) is 0 Å². The maximum Gasteiger partial charge on any atom is 0.226 e. The third-order valence-electron chi connectivity index (χ3n) is 5.85. The zero-order valence-corrected chi connectivity index (χ0v) is 19.3. The molecule has 2 heterocycles. The Morgan fingerprint density at radius 1 is 1.12 bits per heavy atom. The van der Waals surface area contributed by atoms with Gasteiger partial charge in [0.05, 0.1) is 12.2 Å². The molecule has 0 radical (unpaired) electrons. The summed E-state index contributed by atoms with van der Waals surface area (Å²) in [6.07, 6.45) is 3.86. The van der Waals surface area contributed by atoms with Crippen molar-refractivity contribution in [1.82, 2.24) is 20.5 Å². The second kappa shape index (κ2) is 10.8. The van der Waals surface area contributed by atoms with Crippen LogP contribution in [-0.2, 0) is 24.3 Å². The van der Waals surface area contributed by atoms with E-state index in [4.69, 9.17) is 4.42 Å². The minimum atomic E-state index is 0.209. The van der Waals surface area contributed by atoms with E-state index in [0.29, 0.717) is 37.9 Å². The number of carbonyl (C=O) groups excluding carboxylic acids is 1. The Hall–Kier alpha value is -3.61. The van der Waals surface area contributed by atoms with Gasteiger partial charge < -0.3 is 20.0 Å². The second-order valence-corrected chi connectivity index (χ2v) is 8.30. The molecule has 1 amide bonds. The molecule has 1 aliphatic rings. The van der Waals surface area contributed by atoms with E-state index >= 15 is 0 Å². The van der Waals surface area contributed by atoms with E-state index in [1.807, 2.05) is 35.2 Å². The molecule has 7 nitrogen and oxygen atoms in total. The van der Waals surface area contributed by atoms with Crippen LogP contribution in [0.3, 0.4) is 0 Å². The van der Waals surface area contributed by atoms with Crippen molar-refractivity contribution in [2.45, 2.75) is 39.3 Å². The molecule has 2 aromatic carbocycles. The summed E-state index contributed by atoms with van der Waals surface area (Å²) in [6, 6.07) is 16.5. The molecule has 1 aromatic heterocycles. The van der Waals surface area contributed by atoms with Gasteiger partial charge in [-0.05, 0) is 43.0 Å². The molecule has 7 heteroatoms. The number of nitrogens with one attached hydrogen (secondary N) is 2. The summed E-state index contributed by atoms with van der Waals surface area (Å²) < 4.78 is 5.61.